The highest BCUT2D eigenvalue weighted by molar-refractivity contribution is 6.01. The first-order chi connectivity index (χ1) is 21.4. The number of hydrogen-bond donors (Lipinski definition) is 4. The van der Waals surface area contributed by atoms with Crippen LogP contribution in [0.3, 0.4) is 0 Å². The van der Waals surface area contributed by atoms with E-state index >= 15 is 0 Å². The number of carbonyl (C=O) groups is 4. The van der Waals surface area contributed by atoms with Gasteiger partial charge < -0.3 is 35.2 Å². The number of nitrogens with zero attached hydrogens (tertiary/aromatic N) is 3. The summed E-state index contributed by atoms with van der Waals surface area (Å²) >= 11 is 0. The van der Waals surface area contributed by atoms with Gasteiger partial charge in [0.2, 0.25) is 11.8 Å². The molecule has 13 nitrogen and oxygen atoms in total. The molecule has 45 heavy (non-hydrogen) atoms. The van der Waals surface area contributed by atoms with Crippen LogP contribution in [0.1, 0.15) is 39.9 Å². The summed E-state index contributed by atoms with van der Waals surface area (Å²) in [5, 5.41) is 31.0. The van der Waals surface area contributed by atoms with E-state index in [0.29, 0.717) is 17.1 Å². The minimum Gasteiger partial charge on any atom is -0.491 e. The molecule has 0 aliphatic carbocycles. The molecule has 3 atom stereocenters. The van der Waals surface area contributed by atoms with E-state index in [9.17, 15) is 29.5 Å². The maximum atomic E-state index is 13.3. The zero-order valence-corrected chi connectivity index (χ0v) is 25.7. The molecule has 0 fully saturated rings. The molecule has 0 spiro atoms. The highest BCUT2D eigenvalue weighted by atomic mass is 16.5. The molecule has 0 saturated heterocycles. The second-order valence-corrected chi connectivity index (χ2v) is 10.5. The molecule has 236 valence electrons. The molecule has 1 aromatic heterocycles. The first-order valence-electron chi connectivity index (χ1n) is 14.0. The number of nitrogens with one attached hydrogen (secondary N) is 3. The van der Waals surface area contributed by atoms with E-state index in [2.05, 4.69) is 21.1 Å². The van der Waals surface area contributed by atoms with Crippen LogP contribution in [0.25, 0.3) is 6.08 Å². The summed E-state index contributed by atoms with van der Waals surface area (Å²) in [6, 6.07) is 14.6. The lowest BCUT2D eigenvalue weighted by atomic mass is 10.1. The first kappa shape index (κ1) is 34.0. The molecule has 4 amide bonds. The summed E-state index contributed by atoms with van der Waals surface area (Å²) in [6.45, 7) is 4.75. The minimum absolute atomic E-state index is 0.0415. The molecular formula is C32H36N6O7. The van der Waals surface area contributed by atoms with Gasteiger partial charge in [-0.15, -0.1) is 0 Å². The maximum absolute atomic E-state index is 13.3. The van der Waals surface area contributed by atoms with Gasteiger partial charge in [-0.25, -0.2) is 0 Å². The molecule has 0 radical (unpaired) electrons. The molecule has 1 heterocycles. The van der Waals surface area contributed by atoms with Crippen molar-refractivity contribution in [3.8, 4) is 11.8 Å². The van der Waals surface area contributed by atoms with E-state index in [-0.39, 0.29) is 24.4 Å². The Morgan fingerprint density at radius 3 is 2.27 bits per heavy atom. The Morgan fingerprint density at radius 1 is 1.04 bits per heavy atom. The fourth-order valence-electron chi connectivity index (χ4n) is 3.95. The molecule has 0 bridgehead atoms. The third-order valence-electron chi connectivity index (χ3n) is 6.50. The molecule has 3 aromatic rings. The Balaban J connectivity index is 1.75. The number of amides is 4. The number of carbonyl (C=O) groups excluding carboxylic acids is 4. The average Bonchev–Trinajstić information content (AvgIpc) is 3.46. The van der Waals surface area contributed by atoms with E-state index in [4.69, 9.17) is 9.26 Å². The number of ether oxygens (including phenoxy) is 1. The van der Waals surface area contributed by atoms with Gasteiger partial charge in [-0.2, -0.15) is 5.26 Å². The van der Waals surface area contributed by atoms with E-state index in [1.165, 1.54) is 24.0 Å². The number of nitriles is 1. The van der Waals surface area contributed by atoms with Gasteiger partial charge in [0.25, 0.3) is 11.8 Å². The van der Waals surface area contributed by atoms with Crippen molar-refractivity contribution in [2.75, 3.05) is 20.7 Å². The quantitative estimate of drug-likeness (QED) is 0.164. The van der Waals surface area contributed by atoms with Crippen LogP contribution in [0.15, 0.2) is 64.7 Å². The van der Waals surface area contributed by atoms with E-state index in [0.717, 1.165) is 11.1 Å². The Kier molecular flexibility index (Phi) is 12.0. The largest absolute Gasteiger partial charge is 0.491 e. The van der Waals surface area contributed by atoms with Crippen molar-refractivity contribution in [3.05, 3.63) is 88.3 Å². The van der Waals surface area contributed by atoms with Crippen LogP contribution < -0.4 is 20.7 Å². The summed E-state index contributed by atoms with van der Waals surface area (Å²) in [5.41, 5.74) is 2.36. The molecule has 2 aromatic carbocycles. The third kappa shape index (κ3) is 10.0. The highest BCUT2D eigenvalue weighted by Crippen LogP contribution is 2.16. The number of aliphatic hydroxyl groups excluding tert-OH is 1. The van der Waals surface area contributed by atoms with E-state index in [1.54, 1.807) is 45.3 Å². The normalized spacial score (nSPS) is 13.0. The van der Waals surface area contributed by atoms with Gasteiger partial charge in [0.05, 0.1) is 6.10 Å². The number of aromatic nitrogens is 1. The predicted octanol–water partition coefficient (Wildman–Crippen LogP) is 1.65. The summed E-state index contributed by atoms with van der Waals surface area (Å²) in [5.74, 6) is -1.84. The number of aryl methyl sites for hydroxylation is 2. The van der Waals surface area contributed by atoms with Crippen molar-refractivity contribution < 1.29 is 33.5 Å². The van der Waals surface area contributed by atoms with Gasteiger partial charge >= 0.3 is 0 Å². The minimum atomic E-state index is -1.42. The van der Waals surface area contributed by atoms with Crippen molar-refractivity contribution in [1.29, 1.82) is 5.26 Å². The van der Waals surface area contributed by atoms with E-state index in [1.807, 2.05) is 37.3 Å². The first-order valence-corrected chi connectivity index (χ1v) is 14.0. The van der Waals surface area contributed by atoms with Crippen molar-refractivity contribution in [2.24, 2.45) is 0 Å². The topological polar surface area (TPSA) is 187 Å². The van der Waals surface area contributed by atoms with Crippen LogP contribution in [0.5, 0.6) is 5.75 Å². The van der Waals surface area contributed by atoms with Gasteiger partial charge in [-0.3, -0.25) is 19.2 Å². The standard InChI is InChI=1S/C32H36N6O7/c1-19-6-8-23(9-7-19)17-34-29(40)27(35-31(42)28(21(3)39)36-30(41)26-14-20(2)45-37-26)18-44-25-12-10-22(11-13-25)15-24(16-33)32(43)38(4)5/h6-15,21,27-28,39H,17-18H2,1-5H3,(H,34,40)(H,35,42)(H,36,41)/t21-,27+,28+/m1/s1. The molecule has 4 N–H and O–H groups in total. The lowest BCUT2D eigenvalue weighted by Gasteiger charge is -2.24. The number of hydrogen-bond acceptors (Lipinski definition) is 9. The van der Waals surface area contributed by atoms with Crippen molar-refractivity contribution in [1.82, 2.24) is 26.0 Å². The fourth-order valence-corrected chi connectivity index (χ4v) is 3.95. The van der Waals surface area contributed by atoms with Crippen LogP contribution >= 0.6 is 0 Å². The lowest BCUT2D eigenvalue weighted by molar-refractivity contribution is -0.132. The Labute approximate surface area is 260 Å². The van der Waals surface area contributed by atoms with Crippen LogP contribution in [0.4, 0.5) is 0 Å². The Hall–Kier alpha value is -5.48. The molecule has 13 heteroatoms. The van der Waals surface area contributed by atoms with Gasteiger partial charge in [-0.05, 0) is 50.1 Å². The summed E-state index contributed by atoms with van der Waals surface area (Å²) in [7, 11) is 3.09. The van der Waals surface area contributed by atoms with Crippen LogP contribution in [0, 0.1) is 25.2 Å². The molecule has 0 saturated carbocycles. The lowest BCUT2D eigenvalue weighted by Crippen LogP contribution is -2.58. The zero-order valence-electron chi connectivity index (χ0n) is 25.7. The Morgan fingerprint density at radius 2 is 1.71 bits per heavy atom. The zero-order chi connectivity index (χ0) is 33.1. The van der Waals surface area contributed by atoms with Gasteiger partial charge in [0.15, 0.2) is 5.69 Å². The van der Waals surface area contributed by atoms with E-state index < -0.39 is 41.8 Å². The number of likely N-dealkylation sites (N-methyl/N-ethyl adjacent to an activating group) is 1. The molecule has 0 unspecified atom stereocenters. The number of benzene rings is 2. The highest BCUT2D eigenvalue weighted by Gasteiger charge is 2.31. The van der Waals surface area contributed by atoms with Crippen LogP contribution in [-0.4, -0.2) is 77.7 Å². The Bertz CT molecular complexity index is 1570. The van der Waals surface area contributed by atoms with Gasteiger partial charge in [0, 0.05) is 26.7 Å². The summed E-state index contributed by atoms with van der Waals surface area (Å²) in [4.78, 5) is 52.5. The smallest absolute Gasteiger partial charge is 0.274 e. The van der Waals surface area contributed by atoms with Crippen LogP contribution in [0.2, 0.25) is 0 Å². The third-order valence-corrected chi connectivity index (χ3v) is 6.50. The van der Waals surface area contributed by atoms with Gasteiger partial charge in [0.1, 0.15) is 41.8 Å². The SMILES string of the molecule is Cc1ccc(CNC(=O)[C@H](COc2ccc(C=C(C#N)C(=O)N(C)C)cc2)NC(=O)[C@@H](NC(=O)c2cc(C)on2)[C@@H](C)O)cc1. The number of aliphatic hydroxyl groups is 1. The number of rotatable bonds is 13. The average molecular weight is 617 g/mol. The molecule has 0 aliphatic heterocycles. The summed E-state index contributed by atoms with van der Waals surface area (Å²) in [6.07, 6.45) is 0.121. The predicted molar refractivity (Wildman–Crippen MR) is 163 cm³/mol. The summed E-state index contributed by atoms with van der Waals surface area (Å²) < 4.78 is 10.7. The maximum Gasteiger partial charge on any atom is 0.274 e. The van der Waals surface area contributed by atoms with Crippen molar-refractivity contribution in [2.45, 2.75) is 45.5 Å². The van der Waals surface area contributed by atoms with Gasteiger partial charge in [-0.1, -0.05) is 47.1 Å². The molecule has 3 rings (SSSR count). The fraction of sp³-hybridized carbons (Fsp3) is 0.312. The second kappa shape index (κ2) is 15.8. The molecule has 0 aliphatic rings. The van der Waals surface area contributed by atoms with Crippen LogP contribution in [-0.2, 0) is 20.9 Å². The van der Waals surface area contributed by atoms with Crippen molar-refractivity contribution in [3.63, 3.8) is 0 Å². The van der Waals surface area contributed by atoms with Crippen molar-refractivity contribution >= 4 is 29.7 Å². The monoisotopic (exact) mass is 616 g/mol. The molecular weight excluding hydrogens is 580 g/mol. The second-order valence-electron chi connectivity index (χ2n) is 10.5.